The van der Waals surface area contributed by atoms with Crippen LogP contribution < -0.4 is 5.32 Å². The molecule has 0 bridgehead atoms. The molecular formula is C12H14N2O2S. The van der Waals surface area contributed by atoms with E-state index in [0.717, 1.165) is 19.3 Å². The zero-order valence-corrected chi connectivity index (χ0v) is 10.4. The molecule has 4 nitrogen and oxygen atoms in total. The van der Waals surface area contributed by atoms with Crippen LogP contribution in [0.3, 0.4) is 0 Å². The van der Waals surface area contributed by atoms with Crippen LogP contribution in [0.25, 0.3) is 0 Å². The number of nitrogens with zero attached hydrogens (tertiary/aromatic N) is 1. The Morgan fingerprint density at radius 1 is 1.47 bits per heavy atom. The van der Waals surface area contributed by atoms with Gasteiger partial charge in [0.2, 0.25) is 5.91 Å². The van der Waals surface area contributed by atoms with Gasteiger partial charge in [0.15, 0.2) is 10.9 Å². The van der Waals surface area contributed by atoms with Crippen molar-refractivity contribution in [3.63, 3.8) is 0 Å². The summed E-state index contributed by atoms with van der Waals surface area (Å²) in [6, 6.07) is 0. The fourth-order valence-electron chi connectivity index (χ4n) is 1.73. The second-order valence-corrected chi connectivity index (χ2v) is 4.92. The lowest BCUT2D eigenvalue weighted by atomic mass is 9.94. The van der Waals surface area contributed by atoms with Crippen LogP contribution in [0.4, 0.5) is 5.13 Å². The molecule has 1 N–H and O–H groups in total. The van der Waals surface area contributed by atoms with E-state index in [-0.39, 0.29) is 17.6 Å². The highest BCUT2D eigenvalue weighted by molar-refractivity contribution is 7.14. The number of thiazole rings is 1. The predicted molar refractivity (Wildman–Crippen MR) is 67.2 cm³/mol. The first kappa shape index (κ1) is 12.0. The van der Waals surface area contributed by atoms with Gasteiger partial charge in [-0.15, -0.1) is 11.3 Å². The van der Waals surface area contributed by atoms with Crippen LogP contribution in [0.5, 0.6) is 0 Å². The molecule has 1 heterocycles. The van der Waals surface area contributed by atoms with E-state index in [2.05, 4.69) is 16.4 Å². The minimum atomic E-state index is -0.0812. The molecule has 17 heavy (non-hydrogen) atoms. The maximum atomic E-state index is 11.9. The minimum absolute atomic E-state index is 0.00111. The van der Waals surface area contributed by atoms with E-state index in [9.17, 15) is 9.59 Å². The van der Waals surface area contributed by atoms with Crippen LogP contribution in [0.1, 0.15) is 36.7 Å². The van der Waals surface area contributed by atoms with Gasteiger partial charge in [0.25, 0.3) is 0 Å². The summed E-state index contributed by atoms with van der Waals surface area (Å²) < 4.78 is 0. The highest BCUT2D eigenvalue weighted by Crippen LogP contribution is 2.22. The number of ketones is 1. The summed E-state index contributed by atoms with van der Waals surface area (Å²) in [4.78, 5) is 27.0. The Bertz CT molecular complexity index is 465. The minimum Gasteiger partial charge on any atom is -0.302 e. The van der Waals surface area contributed by atoms with Crippen LogP contribution in [0.2, 0.25) is 0 Å². The first-order valence-corrected chi connectivity index (χ1v) is 6.47. The van der Waals surface area contributed by atoms with Crippen molar-refractivity contribution in [2.45, 2.75) is 26.2 Å². The molecule has 5 heteroatoms. The zero-order valence-electron chi connectivity index (χ0n) is 9.60. The Labute approximate surface area is 104 Å². The Balaban J connectivity index is 1.97. The van der Waals surface area contributed by atoms with E-state index in [1.807, 2.05) is 6.08 Å². The molecule has 1 amide bonds. The number of Topliss-reactive ketones (excluding diaryl/α,β-unsaturated/α-hetero) is 1. The van der Waals surface area contributed by atoms with E-state index < -0.39 is 0 Å². The Morgan fingerprint density at radius 3 is 2.88 bits per heavy atom. The van der Waals surface area contributed by atoms with E-state index in [0.29, 0.717) is 10.8 Å². The van der Waals surface area contributed by atoms with Crippen molar-refractivity contribution in [2.75, 3.05) is 5.32 Å². The largest absolute Gasteiger partial charge is 0.302 e. The Kier molecular flexibility index (Phi) is 3.68. The number of anilines is 1. The topological polar surface area (TPSA) is 59.1 Å². The summed E-state index contributed by atoms with van der Waals surface area (Å²) in [5, 5.41) is 4.94. The monoisotopic (exact) mass is 250 g/mol. The molecule has 1 aromatic rings. The Morgan fingerprint density at radius 2 is 2.29 bits per heavy atom. The van der Waals surface area contributed by atoms with Crippen molar-refractivity contribution in [2.24, 2.45) is 5.92 Å². The van der Waals surface area contributed by atoms with E-state index >= 15 is 0 Å². The number of carbonyl (C=O) groups excluding carboxylic acids is 2. The standard InChI is InChI=1S/C12H14N2O2S/c1-8(15)10-7-17-12(13-10)14-11(16)9-5-3-2-4-6-9/h2-3,7,9H,4-6H2,1H3,(H,13,14,16)/t9-/m1/s1. The van der Waals surface area contributed by atoms with E-state index in [1.165, 1.54) is 18.3 Å². The summed E-state index contributed by atoms with van der Waals surface area (Å²) in [5.74, 6) is -0.0502. The number of hydrogen-bond donors (Lipinski definition) is 1. The van der Waals surface area contributed by atoms with Crippen molar-refractivity contribution in [3.05, 3.63) is 23.2 Å². The quantitative estimate of drug-likeness (QED) is 0.662. The van der Waals surface area contributed by atoms with Gasteiger partial charge in [0, 0.05) is 18.2 Å². The lowest BCUT2D eigenvalue weighted by Gasteiger charge is -2.15. The third-order valence-corrected chi connectivity index (χ3v) is 3.49. The van der Waals surface area contributed by atoms with Crippen LogP contribution in [0, 0.1) is 5.92 Å². The average molecular weight is 250 g/mol. The molecule has 0 saturated carbocycles. The molecule has 0 aliphatic heterocycles. The van der Waals surface area contributed by atoms with Gasteiger partial charge in [0.05, 0.1) is 0 Å². The van der Waals surface area contributed by atoms with E-state index in [1.54, 1.807) is 5.38 Å². The van der Waals surface area contributed by atoms with E-state index in [4.69, 9.17) is 0 Å². The number of nitrogens with one attached hydrogen (secondary N) is 1. The fourth-order valence-corrected chi connectivity index (χ4v) is 2.48. The molecule has 0 aromatic carbocycles. The van der Waals surface area contributed by atoms with Crippen molar-refractivity contribution in [1.82, 2.24) is 4.98 Å². The third kappa shape index (κ3) is 3.00. The second-order valence-electron chi connectivity index (χ2n) is 4.06. The maximum absolute atomic E-state index is 11.9. The molecule has 0 saturated heterocycles. The normalized spacial score (nSPS) is 19.0. The maximum Gasteiger partial charge on any atom is 0.229 e. The molecule has 90 valence electrons. The lowest BCUT2D eigenvalue weighted by molar-refractivity contribution is -0.120. The van der Waals surface area contributed by atoms with Gasteiger partial charge in [-0.25, -0.2) is 4.98 Å². The molecule has 1 aliphatic carbocycles. The number of rotatable bonds is 3. The van der Waals surface area contributed by atoms with Gasteiger partial charge in [-0.3, -0.25) is 9.59 Å². The Hall–Kier alpha value is -1.49. The third-order valence-electron chi connectivity index (χ3n) is 2.73. The van der Waals surface area contributed by atoms with Crippen LogP contribution >= 0.6 is 11.3 Å². The van der Waals surface area contributed by atoms with Crippen molar-refractivity contribution < 1.29 is 9.59 Å². The average Bonchev–Trinajstić information content (AvgIpc) is 2.79. The van der Waals surface area contributed by atoms with Gasteiger partial charge in [-0.05, 0) is 19.3 Å². The summed E-state index contributed by atoms with van der Waals surface area (Å²) in [6.07, 6.45) is 6.76. The van der Waals surface area contributed by atoms with Gasteiger partial charge < -0.3 is 5.32 Å². The van der Waals surface area contributed by atoms with Crippen molar-refractivity contribution >= 4 is 28.2 Å². The summed E-state index contributed by atoms with van der Waals surface area (Å²) in [5.41, 5.74) is 0.411. The molecular weight excluding hydrogens is 236 g/mol. The van der Waals surface area contributed by atoms with Crippen molar-refractivity contribution in [3.8, 4) is 0 Å². The number of amides is 1. The molecule has 1 atom stereocenters. The van der Waals surface area contributed by atoms with Crippen LogP contribution in [-0.2, 0) is 4.79 Å². The molecule has 2 rings (SSSR count). The highest BCUT2D eigenvalue weighted by atomic mass is 32.1. The van der Waals surface area contributed by atoms with Gasteiger partial charge in [-0.2, -0.15) is 0 Å². The van der Waals surface area contributed by atoms with Gasteiger partial charge >= 0.3 is 0 Å². The molecule has 0 radical (unpaired) electrons. The molecule has 1 aromatic heterocycles. The first-order chi connectivity index (χ1) is 8.16. The van der Waals surface area contributed by atoms with Gasteiger partial charge in [0.1, 0.15) is 5.69 Å². The highest BCUT2D eigenvalue weighted by Gasteiger charge is 2.19. The van der Waals surface area contributed by atoms with Crippen LogP contribution in [0.15, 0.2) is 17.5 Å². The van der Waals surface area contributed by atoms with Gasteiger partial charge in [-0.1, -0.05) is 12.2 Å². The van der Waals surface area contributed by atoms with Crippen molar-refractivity contribution in [1.29, 1.82) is 0 Å². The number of aromatic nitrogens is 1. The predicted octanol–water partition coefficient (Wildman–Crippen LogP) is 2.64. The number of carbonyl (C=O) groups is 2. The summed E-state index contributed by atoms with van der Waals surface area (Å²) in [6.45, 7) is 1.46. The molecule has 0 unspecified atom stereocenters. The fraction of sp³-hybridized carbons (Fsp3) is 0.417. The first-order valence-electron chi connectivity index (χ1n) is 5.59. The van der Waals surface area contributed by atoms with Crippen LogP contribution in [-0.4, -0.2) is 16.7 Å². The molecule has 0 fully saturated rings. The number of allylic oxidation sites excluding steroid dienone is 2. The zero-order chi connectivity index (χ0) is 12.3. The summed E-state index contributed by atoms with van der Waals surface area (Å²) >= 11 is 1.29. The molecule has 0 spiro atoms. The SMILES string of the molecule is CC(=O)c1csc(NC(=O)[C@@H]2CC=CCC2)n1. The lowest BCUT2D eigenvalue weighted by Crippen LogP contribution is -2.23. The smallest absolute Gasteiger partial charge is 0.229 e. The molecule has 1 aliphatic rings. The number of hydrogen-bond acceptors (Lipinski definition) is 4. The summed E-state index contributed by atoms with van der Waals surface area (Å²) in [7, 11) is 0. The second kappa shape index (κ2) is 5.23.